The monoisotopic (exact) mass is 309 g/mol. The molecule has 4 nitrogen and oxygen atoms in total. The van der Waals surface area contributed by atoms with Crippen LogP contribution in [0.25, 0.3) is 0 Å². The highest BCUT2D eigenvalue weighted by molar-refractivity contribution is 6.29. The van der Waals surface area contributed by atoms with E-state index in [2.05, 4.69) is 9.97 Å². The molecule has 112 valence electrons. The summed E-state index contributed by atoms with van der Waals surface area (Å²) < 4.78 is 18.4. The third kappa shape index (κ3) is 4.12. The molecule has 0 bridgehead atoms. The maximum absolute atomic E-state index is 13.0. The molecule has 21 heavy (non-hydrogen) atoms. The molecular formula is C15H17ClFN3O. The van der Waals surface area contributed by atoms with Gasteiger partial charge in [0, 0.05) is 24.9 Å². The second kappa shape index (κ2) is 7.33. The van der Waals surface area contributed by atoms with Crippen LogP contribution in [-0.2, 0) is 11.3 Å². The molecule has 1 aromatic carbocycles. The van der Waals surface area contributed by atoms with Crippen molar-refractivity contribution < 1.29 is 9.13 Å². The number of anilines is 2. The lowest BCUT2D eigenvalue weighted by atomic mass is 10.2. The van der Waals surface area contributed by atoms with E-state index >= 15 is 0 Å². The smallest absolute Gasteiger partial charge is 0.158 e. The van der Waals surface area contributed by atoms with Crippen LogP contribution in [0.15, 0.2) is 30.3 Å². The molecule has 2 aromatic rings. The fourth-order valence-electron chi connectivity index (χ4n) is 1.95. The quantitative estimate of drug-likeness (QED) is 0.757. The van der Waals surface area contributed by atoms with E-state index in [0.29, 0.717) is 36.6 Å². The highest BCUT2D eigenvalue weighted by Gasteiger charge is 2.12. The maximum atomic E-state index is 13.0. The van der Waals surface area contributed by atoms with E-state index in [4.69, 9.17) is 16.3 Å². The van der Waals surface area contributed by atoms with Gasteiger partial charge in [0.05, 0.1) is 0 Å². The minimum Gasteiger partial charge on any atom is -0.374 e. The van der Waals surface area contributed by atoms with Crippen molar-refractivity contribution in [1.82, 2.24) is 9.97 Å². The first kappa shape index (κ1) is 15.7. The molecule has 0 aliphatic heterocycles. The van der Waals surface area contributed by atoms with Crippen molar-refractivity contribution in [2.75, 3.05) is 18.1 Å². The van der Waals surface area contributed by atoms with Crippen molar-refractivity contribution in [1.29, 1.82) is 0 Å². The van der Waals surface area contributed by atoms with Gasteiger partial charge in [0.25, 0.3) is 0 Å². The topological polar surface area (TPSA) is 38.2 Å². The van der Waals surface area contributed by atoms with Crippen molar-refractivity contribution in [3.05, 3.63) is 47.1 Å². The minimum absolute atomic E-state index is 0.271. The lowest BCUT2D eigenvalue weighted by Crippen LogP contribution is -2.18. The lowest BCUT2D eigenvalue weighted by Gasteiger charge is -2.22. The molecule has 0 amide bonds. The van der Waals surface area contributed by atoms with Gasteiger partial charge >= 0.3 is 0 Å². The average molecular weight is 310 g/mol. The van der Waals surface area contributed by atoms with Crippen LogP contribution in [0, 0.1) is 5.82 Å². The summed E-state index contributed by atoms with van der Waals surface area (Å²) >= 11 is 6.05. The number of ether oxygens (including phenoxy) is 1. The number of nitrogens with zero attached hydrogens (tertiary/aromatic N) is 3. The third-order valence-electron chi connectivity index (χ3n) is 2.89. The molecular weight excluding hydrogens is 293 g/mol. The fourth-order valence-corrected chi connectivity index (χ4v) is 2.14. The van der Waals surface area contributed by atoms with Crippen molar-refractivity contribution in [2.45, 2.75) is 20.5 Å². The molecule has 6 heteroatoms. The lowest BCUT2D eigenvalue weighted by molar-refractivity contribution is 0.128. The number of hydrogen-bond donors (Lipinski definition) is 0. The van der Waals surface area contributed by atoms with E-state index in [1.54, 1.807) is 18.2 Å². The van der Waals surface area contributed by atoms with Crippen LogP contribution in [-0.4, -0.2) is 23.1 Å². The Morgan fingerprint density at radius 2 is 1.90 bits per heavy atom. The van der Waals surface area contributed by atoms with Gasteiger partial charge in [-0.25, -0.2) is 14.4 Å². The van der Waals surface area contributed by atoms with Gasteiger partial charge in [0.1, 0.15) is 23.4 Å². The Labute approximate surface area is 128 Å². The Hall–Kier alpha value is -1.72. The second-order valence-corrected chi connectivity index (χ2v) is 4.71. The molecule has 0 saturated heterocycles. The predicted octanol–water partition coefficient (Wildman–Crippen LogP) is 3.96. The van der Waals surface area contributed by atoms with Gasteiger partial charge in [0.2, 0.25) is 0 Å². The zero-order valence-corrected chi connectivity index (χ0v) is 12.8. The van der Waals surface area contributed by atoms with E-state index in [-0.39, 0.29) is 5.82 Å². The SMILES string of the molecule is CCOCc1nc(Cl)cc(N(CC)c2ccc(F)cc2)n1. The zero-order valence-electron chi connectivity index (χ0n) is 12.0. The van der Waals surface area contributed by atoms with Crippen LogP contribution >= 0.6 is 11.6 Å². The Balaban J connectivity index is 2.32. The van der Waals surface area contributed by atoms with Crippen LogP contribution in [0.1, 0.15) is 19.7 Å². The largest absolute Gasteiger partial charge is 0.374 e. The van der Waals surface area contributed by atoms with Gasteiger partial charge in [0.15, 0.2) is 5.82 Å². The first-order chi connectivity index (χ1) is 10.1. The summed E-state index contributed by atoms with van der Waals surface area (Å²) in [5.74, 6) is 0.922. The van der Waals surface area contributed by atoms with E-state index in [1.165, 1.54) is 12.1 Å². The number of aromatic nitrogens is 2. The van der Waals surface area contributed by atoms with E-state index < -0.39 is 0 Å². The Kier molecular flexibility index (Phi) is 5.47. The summed E-state index contributed by atoms with van der Waals surface area (Å²) in [5, 5.41) is 0.357. The average Bonchev–Trinajstić information content (AvgIpc) is 2.47. The second-order valence-electron chi connectivity index (χ2n) is 4.32. The molecule has 1 heterocycles. The number of benzene rings is 1. The van der Waals surface area contributed by atoms with Crippen LogP contribution in [0.3, 0.4) is 0 Å². The maximum Gasteiger partial charge on any atom is 0.158 e. The van der Waals surface area contributed by atoms with Crippen LogP contribution in [0.4, 0.5) is 15.9 Å². The molecule has 0 fully saturated rings. The zero-order chi connectivity index (χ0) is 15.2. The number of halogens is 2. The Morgan fingerprint density at radius 1 is 1.19 bits per heavy atom. The number of hydrogen-bond acceptors (Lipinski definition) is 4. The first-order valence-corrected chi connectivity index (χ1v) is 7.16. The predicted molar refractivity (Wildman–Crippen MR) is 81.5 cm³/mol. The molecule has 0 spiro atoms. The van der Waals surface area contributed by atoms with Gasteiger partial charge in [-0.2, -0.15) is 0 Å². The molecule has 0 aliphatic rings. The molecule has 0 aliphatic carbocycles. The van der Waals surface area contributed by atoms with E-state index in [0.717, 1.165) is 5.69 Å². The van der Waals surface area contributed by atoms with Gasteiger partial charge in [-0.15, -0.1) is 0 Å². The molecule has 0 radical (unpaired) electrons. The van der Waals surface area contributed by atoms with E-state index in [9.17, 15) is 4.39 Å². The van der Waals surface area contributed by atoms with Crippen LogP contribution in [0.5, 0.6) is 0 Å². The minimum atomic E-state index is -0.271. The Morgan fingerprint density at radius 3 is 2.52 bits per heavy atom. The van der Waals surface area contributed by atoms with Gasteiger partial charge in [-0.1, -0.05) is 11.6 Å². The van der Waals surface area contributed by atoms with Crippen molar-refractivity contribution in [2.24, 2.45) is 0 Å². The summed E-state index contributed by atoms with van der Waals surface area (Å²) in [7, 11) is 0. The molecule has 0 atom stereocenters. The summed E-state index contributed by atoms with van der Waals surface area (Å²) in [5.41, 5.74) is 0.844. The van der Waals surface area contributed by atoms with Gasteiger partial charge < -0.3 is 9.64 Å². The summed E-state index contributed by atoms with van der Waals surface area (Å²) in [6.45, 7) is 5.46. The summed E-state index contributed by atoms with van der Waals surface area (Å²) in [6.07, 6.45) is 0. The van der Waals surface area contributed by atoms with Crippen molar-refractivity contribution in [3.8, 4) is 0 Å². The standard InChI is InChI=1S/C15H17ClFN3O/c1-3-20(12-7-5-11(17)6-8-12)15-9-13(16)18-14(19-15)10-21-4-2/h5-9H,3-4,10H2,1-2H3. The van der Waals surface area contributed by atoms with Gasteiger partial charge in [-0.05, 0) is 38.1 Å². The number of rotatable bonds is 6. The molecule has 2 rings (SSSR count). The van der Waals surface area contributed by atoms with Crippen molar-refractivity contribution in [3.63, 3.8) is 0 Å². The molecule has 0 N–H and O–H groups in total. The summed E-state index contributed by atoms with van der Waals surface area (Å²) in [4.78, 5) is 10.5. The molecule has 0 saturated carbocycles. The normalized spacial score (nSPS) is 10.7. The molecule has 0 unspecified atom stereocenters. The highest BCUT2D eigenvalue weighted by atomic mass is 35.5. The fraction of sp³-hybridized carbons (Fsp3) is 0.333. The first-order valence-electron chi connectivity index (χ1n) is 6.78. The van der Waals surface area contributed by atoms with E-state index in [1.807, 2.05) is 18.7 Å². The highest BCUT2D eigenvalue weighted by Crippen LogP contribution is 2.25. The summed E-state index contributed by atoms with van der Waals surface area (Å²) in [6, 6.07) is 7.93. The van der Waals surface area contributed by atoms with Crippen molar-refractivity contribution >= 4 is 23.1 Å². The third-order valence-corrected chi connectivity index (χ3v) is 3.09. The van der Waals surface area contributed by atoms with Gasteiger partial charge in [-0.3, -0.25) is 0 Å². The van der Waals surface area contributed by atoms with Crippen LogP contribution in [0.2, 0.25) is 5.15 Å². The Bertz CT molecular complexity index is 592. The molecule has 1 aromatic heterocycles. The van der Waals surface area contributed by atoms with Crippen LogP contribution < -0.4 is 4.90 Å².